The van der Waals surface area contributed by atoms with E-state index in [-0.39, 0.29) is 16.7 Å². The summed E-state index contributed by atoms with van der Waals surface area (Å²) < 4.78 is 25.4. The van der Waals surface area contributed by atoms with Gasteiger partial charge in [-0.1, -0.05) is 13.8 Å². The van der Waals surface area contributed by atoms with Crippen molar-refractivity contribution >= 4 is 27.3 Å². The number of likely N-dealkylation sites (N-methyl/N-ethyl adjacent to an activating group) is 1. The highest BCUT2D eigenvalue weighted by Crippen LogP contribution is 2.23. The molecule has 0 aliphatic heterocycles. The number of nitriles is 1. The van der Waals surface area contributed by atoms with E-state index < -0.39 is 10.0 Å². The minimum absolute atomic E-state index is 0.0632. The van der Waals surface area contributed by atoms with Gasteiger partial charge >= 0.3 is 0 Å². The molecule has 0 unspecified atom stereocenters. The van der Waals surface area contributed by atoms with E-state index in [4.69, 9.17) is 5.26 Å². The maximum Gasteiger partial charge on any atom is 0.252 e. The molecule has 8 heteroatoms. The van der Waals surface area contributed by atoms with E-state index in [1.807, 2.05) is 19.9 Å². The van der Waals surface area contributed by atoms with Crippen molar-refractivity contribution in [2.45, 2.75) is 18.1 Å². The summed E-state index contributed by atoms with van der Waals surface area (Å²) in [6.45, 7) is 4.17. The average Bonchev–Trinajstić information content (AvgIpc) is 2.85. The number of carbonyl (C=O) groups is 1. The zero-order chi connectivity index (χ0) is 15.3. The van der Waals surface area contributed by atoms with Crippen LogP contribution in [0.3, 0.4) is 0 Å². The van der Waals surface area contributed by atoms with Crippen molar-refractivity contribution in [3.63, 3.8) is 0 Å². The first-order valence-corrected chi connectivity index (χ1v) is 8.26. The van der Waals surface area contributed by atoms with Crippen LogP contribution in [-0.4, -0.2) is 38.8 Å². The maximum absolute atomic E-state index is 12.2. The van der Waals surface area contributed by atoms with Crippen molar-refractivity contribution in [2.24, 2.45) is 5.92 Å². The second kappa shape index (κ2) is 6.83. The summed E-state index contributed by atoms with van der Waals surface area (Å²) in [5.74, 6) is -0.0433. The molecule has 0 fully saturated rings. The Morgan fingerprint density at radius 3 is 2.65 bits per heavy atom. The van der Waals surface area contributed by atoms with Gasteiger partial charge in [0.25, 0.3) is 10.0 Å². The number of nitrogens with one attached hydrogen (secondary N) is 1. The Labute approximate surface area is 123 Å². The van der Waals surface area contributed by atoms with E-state index >= 15 is 0 Å². The van der Waals surface area contributed by atoms with Crippen molar-refractivity contribution < 1.29 is 13.2 Å². The molecule has 0 saturated carbocycles. The van der Waals surface area contributed by atoms with Gasteiger partial charge in [0.05, 0.1) is 6.54 Å². The van der Waals surface area contributed by atoms with E-state index in [1.54, 1.807) is 0 Å². The molecular weight excluding hydrogens is 298 g/mol. The van der Waals surface area contributed by atoms with Crippen LogP contribution in [0.15, 0.2) is 16.3 Å². The van der Waals surface area contributed by atoms with Gasteiger partial charge in [0.2, 0.25) is 5.91 Å². The normalized spacial score (nSPS) is 11.6. The third kappa shape index (κ3) is 4.30. The lowest BCUT2D eigenvalue weighted by Gasteiger charge is -2.16. The minimum Gasteiger partial charge on any atom is -0.355 e. The Kier molecular flexibility index (Phi) is 5.68. The van der Waals surface area contributed by atoms with E-state index in [1.165, 1.54) is 19.2 Å². The standard InChI is InChI=1S/C12H17N3O3S2/c1-9(2)7-14-11(16)8-15(3)20(17,18)12-5-4-10(6-13)19-12/h4-5,9H,7-8H2,1-3H3,(H,14,16). The largest absolute Gasteiger partial charge is 0.355 e. The van der Waals surface area contributed by atoms with E-state index in [2.05, 4.69) is 5.32 Å². The lowest BCUT2D eigenvalue weighted by molar-refractivity contribution is -0.121. The predicted molar refractivity (Wildman–Crippen MR) is 76.7 cm³/mol. The fourth-order valence-corrected chi connectivity index (χ4v) is 3.77. The zero-order valence-electron chi connectivity index (χ0n) is 11.6. The molecule has 0 bridgehead atoms. The van der Waals surface area contributed by atoms with E-state index in [0.29, 0.717) is 17.3 Å². The van der Waals surface area contributed by atoms with Gasteiger partial charge in [-0.05, 0) is 18.1 Å². The molecule has 0 saturated heterocycles. The fraction of sp³-hybridized carbons (Fsp3) is 0.500. The highest BCUT2D eigenvalue weighted by molar-refractivity contribution is 7.91. The van der Waals surface area contributed by atoms with Gasteiger partial charge in [-0.2, -0.15) is 9.57 Å². The highest BCUT2D eigenvalue weighted by atomic mass is 32.2. The number of thiophene rings is 1. The Morgan fingerprint density at radius 1 is 1.50 bits per heavy atom. The van der Waals surface area contributed by atoms with Crippen LogP contribution in [0.4, 0.5) is 0 Å². The molecule has 0 aliphatic carbocycles. The van der Waals surface area contributed by atoms with Crippen LogP contribution in [-0.2, 0) is 14.8 Å². The van der Waals surface area contributed by atoms with Gasteiger partial charge < -0.3 is 5.32 Å². The van der Waals surface area contributed by atoms with E-state index in [9.17, 15) is 13.2 Å². The number of rotatable bonds is 6. The van der Waals surface area contributed by atoms with E-state index in [0.717, 1.165) is 15.6 Å². The minimum atomic E-state index is -3.72. The van der Waals surface area contributed by atoms with Crippen molar-refractivity contribution in [2.75, 3.05) is 20.1 Å². The maximum atomic E-state index is 12.2. The summed E-state index contributed by atoms with van der Waals surface area (Å²) in [6, 6.07) is 4.71. The summed E-state index contributed by atoms with van der Waals surface area (Å²) in [5.41, 5.74) is 0. The molecule has 1 rings (SSSR count). The molecule has 1 aromatic heterocycles. The summed E-state index contributed by atoms with van der Waals surface area (Å²) >= 11 is 0.891. The molecule has 0 spiro atoms. The smallest absolute Gasteiger partial charge is 0.252 e. The van der Waals surface area contributed by atoms with Crippen LogP contribution < -0.4 is 5.32 Å². The molecule has 0 aliphatic rings. The summed E-state index contributed by atoms with van der Waals surface area (Å²) in [7, 11) is -2.38. The van der Waals surface area contributed by atoms with Crippen LogP contribution in [0.25, 0.3) is 0 Å². The molecule has 1 N–H and O–H groups in total. The Hall–Kier alpha value is -1.43. The molecule has 1 aromatic rings. The Morgan fingerprint density at radius 2 is 2.15 bits per heavy atom. The SMILES string of the molecule is CC(C)CNC(=O)CN(C)S(=O)(=O)c1ccc(C#N)s1. The van der Waals surface area contributed by atoms with Gasteiger partial charge in [-0.15, -0.1) is 11.3 Å². The topological polar surface area (TPSA) is 90.3 Å². The molecule has 1 heterocycles. The number of hydrogen-bond acceptors (Lipinski definition) is 5. The van der Waals surface area contributed by atoms with Crippen molar-refractivity contribution in [1.29, 1.82) is 5.26 Å². The van der Waals surface area contributed by atoms with Crippen LogP contribution in [0.1, 0.15) is 18.7 Å². The number of carbonyl (C=O) groups excluding carboxylic acids is 1. The molecule has 6 nitrogen and oxygen atoms in total. The summed E-state index contributed by atoms with van der Waals surface area (Å²) in [6.07, 6.45) is 0. The fourth-order valence-electron chi connectivity index (χ4n) is 1.33. The Bertz CT molecular complexity index is 614. The Balaban J connectivity index is 2.73. The first-order valence-electron chi connectivity index (χ1n) is 6.00. The molecule has 0 radical (unpaired) electrons. The summed E-state index contributed by atoms with van der Waals surface area (Å²) in [5, 5.41) is 11.4. The third-order valence-electron chi connectivity index (χ3n) is 2.43. The second-order valence-corrected chi connectivity index (χ2v) is 8.04. The molecule has 20 heavy (non-hydrogen) atoms. The van der Waals surface area contributed by atoms with Gasteiger partial charge in [0.15, 0.2) is 0 Å². The van der Waals surface area contributed by atoms with Crippen LogP contribution >= 0.6 is 11.3 Å². The van der Waals surface area contributed by atoms with Crippen molar-refractivity contribution in [3.8, 4) is 6.07 Å². The van der Waals surface area contributed by atoms with Crippen molar-refractivity contribution in [3.05, 3.63) is 17.0 Å². The number of amides is 1. The quantitative estimate of drug-likeness (QED) is 0.848. The number of sulfonamides is 1. The molecule has 0 atom stereocenters. The first-order chi connectivity index (χ1) is 9.27. The molecule has 1 amide bonds. The lowest BCUT2D eigenvalue weighted by Crippen LogP contribution is -2.39. The lowest BCUT2D eigenvalue weighted by atomic mass is 10.2. The molecular formula is C12H17N3O3S2. The van der Waals surface area contributed by atoms with Crippen LogP contribution in [0.2, 0.25) is 0 Å². The highest BCUT2D eigenvalue weighted by Gasteiger charge is 2.24. The van der Waals surface area contributed by atoms with Crippen LogP contribution in [0, 0.1) is 17.2 Å². The summed E-state index contributed by atoms with van der Waals surface area (Å²) in [4.78, 5) is 12.0. The zero-order valence-corrected chi connectivity index (χ0v) is 13.2. The number of nitrogens with zero attached hydrogens (tertiary/aromatic N) is 2. The van der Waals surface area contributed by atoms with Gasteiger partial charge in [0, 0.05) is 13.6 Å². The van der Waals surface area contributed by atoms with Gasteiger partial charge in [0.1, 0.15) is 15.2 Å². The molecule has 0 aromatic carbocycles. The monoisotopic (exact) mass is 315 g/mol. The third-order valence-corrected chi connectivity index (χ3v) is 5.69. The van der Waals surface area contributed by atoms with Gasteiger partial charge in [-0.3, -0.25) is 4.79 Å². The van der Waals surface area contributed by atoms with Crippen molar-refractivity contribution in [1.82, 2.24) is 9.62 Å². The second-order valence-electron chi connectivity index (χ2n) is 4.69. The number of hydrogen-bond donors (Lipinski definition) is 1. The first kappa shape index (κ1) is 16.6. The average molecular weight is 315 g/mol. The molecule has 110 valence electrons. The van der Waals surface area contributed by atoms with Gasteiger partial charge in [-0.25, -0.2) is 8.42 Å². The van der Waals surface area contributed by atoms with Crippen LogP contribution in [0.5, 0.6) is 0 Å². The predicted octanol–water partition coefficient (Wildman–Crippen LogP) is 1.01.